The van der Waals surface area contributed by atoms with E-state index < -0.39 is 0 Å². The molecular formula is CI2O2V. The standard InChI is InChI=1S/CO2.I2.V/c2-1-3;1-2;. The Morgan fingerprint density at radius 1 is 1.17 bits per heavy atom. The zero-order valence-electron chi connectivity index (χ0n) is 2.52. The molecule has 0 aliphatic carbocycles. The molecule has 0 aliphatic rings. The third-order valence-corrected chi connectivity index (χ3v) is 0. The largest absolute Gasteiger partial charge is 0.373 e. The van der Waals surface area contributed by atoms with Gasteiger partial charge in [0.15, 0.2) is 0 Å². The predicted octanol–water partition coefficient (Wildman–Crippen LogP) is 1.19. The van der Waals surface area contributed by atoms with E-state index in [-0.39, 0.29) is 24.7 Å². The molecule has 0 aromatic heterocycles. The summed E-state index contributed by atoms with van der Waals surface area (Å²) >= 11 is 4.24. The molecule has 1 radical (unpaired) electrons. The van der Waals surface area contributed by atoms with E-state index >= 15 is 0 Å². The summed E-state index contributed by atoms with van der Waals surface area (Å²) in [5, 5.41) is 0. The summed E-state index contributed by atoms with van der Waals surface area (Å²) in [4.78, 5) is 16.2. The van der Waals surface area contributed by atoms with E-state index in [1.165, 1.54) is 0 Å². The van der Waals surface area contributed by atoms with Crippen LogP contribution in [0.15, 0.2) is 0 Å². The Bertz CT molecular complexity index is 32.5. The maximum absolute atomic E-state index is 8.12. The molecule has 0 aromatic carbocycles. The Morgan fingerprint density at radius 3 is 1.17 bits per heavy atom. The number of rotatable bonds is 0. The SMILES string of the molecule is II.O=C=O.[V]. The second-order valence-corrected chi connectivity index (χ2v) is 0.0833. The molecule has 0 spiro atoms. The van der Waals surface area contributed by atoms with Gasteiger partial charge in [-0.15, -0.1) is 0 Å². The molecule has 0 heterocycles. The summed E-state index contributed by atoms with van der Waals surface area (Å²) in [7, 11) is 0. The van der Waals surface area contributed by atoms with E-state index in [9.17, 15) is 0 Å². The molecule has 0 N–H and O–H groups in total. The zero-order valence-corrected chi connectivity index (χ0v) is 8.23. The fourth-order valence-corrected chi connectivity index (χ4v) is 0. The van der Waals surface area contributed by atoms with Crippen LogP contribution in [0.2, 0.25) is 0 Å². The van der Waals surface area contributed by atoms with Crippen molar-refractivity contribution in [3.8, 4) is 0 Å². The van der Waals surface area contributed by atoms with Crippen LogP contribution in [0.5, 0.6) is 0 Å². The fraction of sp³-hybridized carbons (Fsp3) is 0. The molecule has 0 aromatic rings. The van der Waals surface area contributed by atoms with Crippen molar-refractivity contribution in [2.45, 2.75) is 0 Å². The number of hydrogen-bond donors (Lipinski definition) is 0. The molecule has 0 atom stereocenters. The molecule has 0 bridgehead atoms. The van der Waals surface area contributed by atoms with Crippen LogP contribution in [-0.4, -0.2) is 6.15 Å². The Balaban J connectivity index is -0.0000000275. The smallest absolute Gasteiger partial charge is 0.186 e. The van der Waals surface area contributed by atoms with Crippen molar-refractivity contribution < 1.29 is 28.1 Å². The Morgan fingerprint density at radius 2 is 1.17 bits per heavy atom. The van der Waals surface area contributed by atoms with Crippen LogP contribution >= 0.6 is 37.2 Å². The van der Waals surface area contributed by atoms with Gasteiger partial charge < -0.3 is 0 Å². The molecule has 2 nitrogen and oxygen atoms in total. The van der Waals surface area contributed by atoms with E-state index in [0.29, 0.717) is 0 Å². The first-order chi connectivity index (χ1) is 2.41. The van der Waals surface area contributed by atoms with Crippen LogP contribution < -0.4 is 0 Å². The van der Waals surface area contributed by atoms with E-state index in [2.05, 4.69) is 37.2 Å². The first-order valence-corrected chi connectivity index (χ1v) is 6.84. The molecular weight excluding hydrogens is 349 g/mol. The second kappa shape index (κ2) is 32.2. The molecule has 0 saturated carbocycles. The summed E-state index contributed by atoms with van der Waals surface area (Å²) in [6.45, 7) is 0. The third-order valence-electron chi connectivity index (χ3n) is 0. The summed E-state index contributed by atoms with van der Waals surface area (Å²) < 4.78 is 0. The molecule has 0 fully saturated rings. The fourth-order valence-electron chi connectivity index (χ4n) is 0. The van der Waals surface area contributed by atoms with Gasteiger partial charge in [0.2, 0.25) is 0 Å². The molecule has 5 heteroatoms. The minimum Gasteiger partial charge on any atom is -0.186 e. The van der Waals surface area contributed by atoms with Crippen molar-refractivity contribution in [1.82, 2.24) is 0 Å². The first kappa shape index (κ1) is 15.7. The van der Waals surface area contributed by atoms with Crippen molar-refractivity contribution in [2.24, 2.45) is 0 Å². The number of hydrogen-bond acceptors (Lipinski definition) is 2. The van der Waals surface area contributed by atoms with Crippen molar-refractivity contribution in [2.75, 3.05) is 0 Å². The molecule has 0 amide bonds. The van der Waals surface area contributed by atoms with Crippen LogP contribution in [0.3, 0.4) is 0 Å². The Hall–Kier alpha value is 1.42. The van der Waals surface area contributed by atoms with Crippen LogP contribution in [0.1, 0.15) is 0 Å². The third kappa shape index (κ3) is 52.3. The van der Waals surface area contributed by atoms with Gasteiger partial charge >= 0.3 is 6.15 Å². The molecule has 0 saturated heterocycles. The minimum atomic E-state index is 0. The van der Waals surface area contributed by atoms with Gasteiger partial charge in [-0.25, -0.2) is 0 Å². The maximum Gasteiger partial charge on any atom is 0.373 e. The van der Waals surface area contributed by atoms with Crippen LogP contribution in [-0.2, 0) is 28.1 Å². The van der Waals surface area contributed by atoms with Gasteiger partial charge in [0.25, 0.3) is 0 Å². The van der Waals surface area contributed by atoms with E-state index in [1.54, 1.807) is 0 Å². The van der Waals surface area contributed by atoms with Gasteiger partial charge in [0.1, 0.15) is 0 Å². The minimum absolute atomic E-state index is 0. The van der Waals surface area contributed by atoms with Crippen molar-refractivity contribution >= 4 is 43.4 Å². The number of carbonyl (C=O) groups excluding carboxylic acids is 2. The Kier molecular flexibility index (Phi) is 83.9. The summed E-state index contributed by atoms with van der Waals surface area (Å²) in [5.74, 6) is 0. The van der Waals surface area contributed by atoms with E-state index in [1.807, 2.05) is 0 Å². The molecule has 0 rings (SSSR count). The van der Waals surface area contributed by atoms with Gasteiger partial charge in [-0.05, 0) is 0 Å². The average Bonchev–Trinajstić information content (AvgIpc) is 1.46. The summed E-state index contributed by atoms with van der Waals surface area (Å²) in [6, 6.07) is 0. The zero-order chi connectivity index (χ0) is 4.71. The monoisotopic (exact) mass is 349 g/mol. The predicted molar refractivity (Wildman–Crippen MR) is 33.0 cm³/mol. The average molecular weight is 349 g/mol. The van der Waals surface area contributed by atoms with Crippen molar-refractivity contribution in [3.63, 3.8) is 0 Å². The summed E-state index contributed by atoms with van der Waals surface area (Å²) in [5.41, 5.74) is 0. The van der Waals surface area contributed by atoms with Gasteiger partial charge in [0.05, 0.1) is 0 Å². The van der Waals surface area contributed by atoms with Gasteiger partial charge in [-0.1, -0.05) is 0 Å². The van der Waals surface area contributed by atoms with Crippen LogP contribution in [0.25, 0.3) is 0 Å². The van der Waals surface area contributed by atoms with Gasteiger partial charge in [-0.3, -0.25) is 0 Å². The van der Waals surface area contributed by atoms with Crippen molar-refractivity contribution in [3.05, 3.63) is 0 Å². The Labute approximate surface area is 70.6 Å². The van der Waals surface area contributed by atoms with Crippen LogP contribution in [0.4, 0.5) is 0 Å². The topological polar surface area (TPSA) is 34.1 Å². The maximum atomic E-state index is 8.12. The van der Waals surface area contributed by atoms with Crippen LogP contribution in [0, 0.1) is 0 Å². The molecule has 35 valence electrons. The van der Waals surface area contributed by atoms with E-state index in [4.69, 9.17) is 9.59 Å². The van der Waals surface area contributed by atoms with Gasteiger partial charge in [0, 0.05) is 55.8 Å². The van der Waals surface area contributed by atoms with Crippen molar-refractivity contribution in [1.29, 1.82) is 0 Å². The molecule has 6 heavy (non-hydrogen) atoms. The first-order valence-electron chi connectivity index (χ1n) is 0.551. The molecule has 0 aliphatic heterocycles. The quantitative estimate of drug-likeness (QED) is 0.616. The summed E-state index contributed by atoms with van der Waals surface area (Å²) in [6.07, 6.45) is 0.250. The number of halogens is 2. The normalized spacial score (nSPS) is 2.33. The van der Waals surface area contributed by atoms with Gasteiger partial charge in [-0.2, -0.15) is 9.59 Å². The molecule has 0 unspecified atom stereocenters. The van der Waals surface area contributed by atoms with E-state index in [0.717, 1.165) is 0 Å². The second-order valence-electron chi connectivity index (χ2n) is 0.0833.